The largest absolute Gasteiger partial charge is 0.264 e. The molecule has 0 aliphatic heterocycles. The van der Waals surface area contributed by atoms with Crippen molar-refractivity contribution in [1.82, 2.24) is 0 Å². The van der Waals surface area contributed by atoms with Gasteiger partial charge in [0, 0.05) is 21.0 Å². The van der Waals surface area contributed by atoms with Gasteiger partial charge >= 0.3 is 0 Å². The fraction of sp³-hybridized carbons (Fsp3) is 0.667. The number of hydrogen-bond acceptors (Lipinski definition) is 4. The van der Waals surface area contributed by atoms with Gasteiger partial charge < -0.3 is 0 Å². The summed E-state index contributed by atoms with van der Waals surface area (Å²) in [6, 6.07) is 0. The van der Waals surface area contributed by atoms with Crippen molar-refractivity contribution in [3.05, 3.63) is 31.4 Å². The van der Waals surface area contributed by atoms with Crippen LogP contribution in [0.2, 0.25) is 0 Å². The van der Waals surface area contributed by atoms with E-state index in [1.807, 2.05) is 0 Å². The van der Waals surface area contributed by atoms with Crippen molar-refractivity contribution in [2.24, 2.45) is 0 Å². The fourth-order valence-corrected chi connectivity index (χ4v) is 0.657. The van der Waals surface area contributed by atoms with E-state index in [4.69, 9.17) is 0 Å². The van der Waals surface area contributed by atoms with Crippen LogP contribution in [0.3, 0.4) is 0 Å². The second-order valence-electron chi connectivity index (χ2n) is 2.54. The van der Waals surface area contributed by atoms with Crippen LogP contribution in [-0.2, 0) is 0 Å². The SMILES string of the molecule is C/C(C[N+](=O)[O-])=C(\C)C[N+](=O)[O-]. The first kappa shape index (κ1) is 10.5. The zero-order chi connectivity index (χ0) is 9.72. The number of nitrogens with zero attached hydrogens (tertiary/aromatic N) is 2. The molecule has 0 saturated heterocycles. The van der Waals surface area contributed by atoms with Crippen LogP contribution < -0.4 is 0 Å². The molecule has 0 unspecified atom stereocenters. The summed E-state index contributed by atoms with van der Waals surface area (Å²) in [6.07, 6.45) is 0. The van der Waals surface area contributed by atoms with Crippen LogP contribution in [0.25, 0.3) is 0 Å². The second kappa shape index (κ2) is 4.42. The highest BCUT2D eigenvalue weighted by molar-refractivity contribution is 5.09. The molecular weight excluding hydrogens is 164 g/mol. The minimum absolute atomic E-state index is 0.320. The van der Waals surface area contributed by atoms with Gasteiger partial charge in [-0.3, -0.25) is 20.2 Å². The Morgan fingerprint density at radius 2 is 1.25 bits per heavy atom. The first-order chi connectivity index (χ1) is 5.43. The summed E-state index contributed by atoms with van der Waals surface area (Å²) >= 11 is 0. The number of rotatable bonds is 4. The third kappa shape index (κ3) is 4.37. The molecule has 0 spiro atoms. The molecule has 0 amide bonds. The highest BCUT2D eigenvalue weighted by Crippen LogP contribution is 2.03. The summed E-state index contributed by atoms with van der Waals surface area (Å²) in [5, 5.41) is 20.0. The van der Waals surface area contributed by atoms with E-state index < -0.39 is 9.85 Å². The van der Waals surface area contributed by atoms with E-state index in [0.717, 1.165) is 0 Å². The van der Waals surface area contributed by atoms with Gasteiger partial charge in [-0.05, 0) is 13.8 Å². The lowest BCUT2D eigenvalue weighted by Crippen LogP contribution is -2.09. The summed E-state index contributed by atoms with van der Waals surface area (Å²) in [5.41, 5.74) is 0.911. The smallest absolute Gasteiger partial charge is 0.225 e. The second-order valence-corrected chi connectivity index (χ2v) is 2.54. The van der Waals surface area contributed by atoms with Crippen LogP contribution in [0.5, 0.6) is 0 Å². The third-order valence-corrected chi connectivity index (χ3v) is 1.46. The maximum Gasteiger partial charge on any atom is 0.225 e. The minimum atomic E-state index is -0.501. The molecule has 0 rings (SSSR count). The molecule has 0 fully saturated rings. The lowest BCUT2D eigenvalue weighted by Gasteiger charge is -1.98. The van der Waals surface area contributed by atoms with Gasteiger partial charge in [-0.25, -0.2) is 0 Å². The Morgan fingerprint density at radius 3 is 1.42 bits per heavy atom. The first-order valence-electron chi connectivity index (χ1n) is 3.32. The molecule has 0 aliphatic carbocycles. The van der Waals surface area contributed by atoms with Crippen LogP contribution in [0.15, 0.2) is 11.1 Å². The number of nitro groups is 2. The van der Waals surface area contributed by atoms with Crippen molar-refractivity contribution >= 4 is 0 Å². The van der Waals surface area contributed by atoms with Crippen molar-refractivity contribution in [1.29, 1.82) is 0 Å². The zero-order valence-corrected chi connectivity index (χ0v) is 6.94. The fourth-order valence-electron chi connectivity index (χ4n) is 0.657. The maximum atomic E-state index is 10.0. The standard InChI is InChI=1S/C6H10N2O4/c1-5(3-7(9)10)6(2)4-8(11)12/h3-4H2,1-2H3/b6-5-. The Bertz CT molecular complexity index is 210. The average Bonchev–Trinajstić information content (AvgIpc) is 1.84. The van der Waals surface area contributed by atoms with Gasteiger partial charge in [0.1, 0.15) is 0 Å². The zero-order valence-electron chi connectivity index (χ0n) is 6.94. The van der Waals surface area contributed by atoms with Gasteiger partial charge in [0.05, 0.1) is 0 Å². The molecule has 0 heterocycles. The quantitative estimate of drug-likeness (QED) is 0.359. The van der Waals surface area contributed by atoms with Crippen molar-refractivity contribution in [3.63, 3.8) is 0 Å². The molecule has 0 aromatic heterocycles. The molecule has 68 valence electrons. The van der Waals surface area contributed by atoms with E-state index >= 15 is 0 Å². The topological polar surface area (TPSA) is 86.3 Å². The van der Waals surface area contributed by atoms with E-state index in [-0.39, 0.29) is 13.1 Å². The Labute approximate surface area is 69.2 Å². The minimum Gasteiger partial charge on any atom is -0.264 e. The van der Waals surface area contributed by atoms with E-state index in [1.54, 1.807) is 0 Å². The van der Waals surface area contributed by atoms with Gasteiger partial charge in [0.15, 0.2) is 0 Å². The molecular formula is C6H10N2O4. The van der Waals surface area contributed by atoms with E-state index in [2.05, 4.69) is 0 Å². The van der Waals surface area contributed by atoms with Crippen LogP contribution in [0, 0.1) is 20.2 Å². The molecule has 0 N–H and O–H groups in total. The predicted molar refractivity (Wildman–Crippen MR) is 42.1 cm³/mol. The van der Waals surface area contributed by atoms with Crippen LogP contribution in [-0.4, -0.2) is 22.9 Å². The Kier molecular flexibility index (Phi) is 3.89. The molecule has 0 aromatic carbocycles. The van der Waals surface area contributed by atoms with Crippen LogP contribution in [0.1, 0.15) is 13.8 Å². The van der Waals surface area contributed by atoms with Crippen molar-refractivity contribution in [2.75, 3.05) is 13.1 Å². The van der Waals surface area contributed by atoms with Gasteiger partial charge in [0.25, 0.3) is 0 Å². The van der Waals surface area contributed by atoms with Crippen LogP contribution >= 0.6 is 0 Å². The molecule has 0 radical (unpaired) electrons. The van der Waals surface area contributed by atoms with Gasteiger partial charge in [0.2, 0.25) is 13.1 Å². The Hall–Kier alpha value is -1.46. The molecule has 0 atom stereocenters. The molecule has 6 nitrogen and oxygen atoms in total. The summed E-state index contributed by atoms with van der Waals surface area (Å²) < 4.78 is 0. The highest BCUT2D eigenvalue weighted by Gasteiger charge is 2.08. The Morgan fingerprint density at radius 1 is 1.00 bits per heavy atom. The summed E-state index contributed by atoms with van der Waals surface area (Å²) in [5.74, 6) is 0. The first-order valence-corrected chi connectivity index (χ1v) is 3.32. The monoisotopic (exact) mass is 174 g/mol. The summed E-state index contributed by atoms with van der Waals surface area (Å²) in [6.45, 7) is 2.42. The lowest BCUT2D eigenvalue weighted by atomic mass is 10.1. The lowest BCUT2D eigenvalue weighted by molar-refractivity contribution is -0.476. The Balaban J connectivity index is 4.25. The molecule has 0 aliphatic rings. The summed E-state index contributed by atoms with van der Waals surface area (Å²) in [7, 11) is 0. The molecule has 6 heteroatoms. The highest BCUT2D eigenvalue weighted by atomic mass is 16.6. The van der Waals surface area contributed by atoms with Crippen LogP contribution in [0.4, 0.5) is 0 Å². The maximum absolute atomic E-state index is 10.0. The third-order valence-electron chi connectivity index (χ3n) is 1.46. The molecule has 0 aromatic rings. The predicted octanol–water partition coefficient (Wildman–Crippen LogP) is 0.876. The van der Waals surface area contributed by atoms with E-state index in [9.17, 15) is 20.2 Å². The molecule has 0 bridgehead atoms. The molecule has 12 heavy (non-hydrogen) atoms. The summed E-state index contributed by atoms with van der Waals surface area (Å²) in [4.78, 5) is 19.0. The van der Waals surface area contributed by atoms with Gasteiger partial charge in [-0.15, -0.1) is 0 Å². The van der Waals surface area contributed by atoms with Crippen molar-refractivity contribution < 1.29 is 9.85 Å². The van der Waals surface area contributed by atoms with Crippen molar-refractivity contribution in [3.8, 4) is 0 Å². The van der Waals surface area contributed by atoms with Crippen molar-refractivity contribution in [2.45, 2.75) is 13.8 Å². The normalized spacial score (nSPS) is 12.2. The van der Waals surface area contributed by atoms with Gasteiger partial charge in [-0.2, -0.15) is 0 Å². The number of hydrogen-bond donors (Lipinski definition) is 0. The van der Waals surface area contributed by atoms with E-state index in [0.29, 0.717) is 11.1 Å². The molecule has 0 saturated carbocycles. The van der Waals surface area contributed by atoms with Gasteiger partial charge in [-0.1, -0.05) is 0 Å². The van der Waals surface area contributed by atoms with E-state index in [1.165, 1.54) is 13.8 Å². The average molecular weight is 174 g/mol.